The Bertz CT molecular complexity index is 1410. The van der Waals surface area contributed by atoms with Gasteiger partial charge in [-0.3, -0.25) is 9.10 Å². The van der Waals surface area contributed by atoms with Crippen LogP contribution in [-0.4, -0.2) is 67.7 Å². The Morgan fingerprint density at radius 2 is 1.77 bits per heavy atom. The zero-order chi connectivity index (χ0) is 30.3. The Morgan fingerprint density at radius 3 is 2.35 bits per heavy atom. The van der Waals surface area contributed by atoms with Gasteiger partial charge in [-0.25, -0.2) is 17.6 Å². The van der Waals surface area contributed by atoms with Crippen molar-refractivity contribution in [2.45, 2.75) is 62.0 Å². The van der Waals surface area contributed by atoms with E-state index in [1.807, 2.05) is 0 Å². The topological polar surface area (TPSA) is 140 Å². The lowest BCUT2D eigenvalue weighted by Gasteiger charge is -2.37. The summed E-state index contributed by atoms with van der Waals surface area (Å²) in [5, 5.41) is 19.6. The molecule has 0 aliphatic carbocycles. The first kappa shape index (κ1) is 30.9. The van der Waals surface area contributed by atoms with Gasteiger partial charge in [-0.1, -0.05) is 6.07 Å². The smallest absolute Gasteiger partial charge is 0.427 e. The van der Waals surface area contributed by atoms with E-state index < -0.39 is 75.5 Å². The molecule has 0 aromatic heterocycles. The zero-order valence-electron chi connectivity index (χ0n) is 21.8. The number of carbonyl (C=O) groups is 2. The second-order valence-electron chi connectivity index (χ2n) is 9.82. The van der Waals surface area contributed by atoms with Crippen molar-refractivity contribution in [2.75, 3.05) is 18.0 Å². The molecule has 1 aliphatic heterocycles. The number of carboxylic acid groups (broad SMARTS) is 1. The summed E-state index contributed by atoms with van der Waals surface area (Å²) in [4.78, 5) is 23.3. The lowest BCUT2D eigenvalue weighted by molar-refractivity contribution is -0.257. The van der Waals surface area contributed by atoms with Crippen LogP contribution >= 0.6 is 0 Å². The summed E-state index contributed by atoms with van der Waals surface area (Å²) < 4.78 is 96.8. The van der Waals surface area contributed by atoms with Crippen LogP contribution in [0.1, 0.15) is 32.8 Å². The largest absolute Gasteiger partial charge is 0.494 e. The van der Waals surface area contributed by atoms with Crippen LogP contribution in [0.15, 0.2) is 41.3 Å². The first-order valence-electron chi connectivity index (χ1n) is 11.7. The molecule has 0 radical (unpaired) electrons. The number of hydrogen-bond acceptors (Lipinski definition) is 8. The number of aliphatic carboxylic acids is 1. The molecule has 220 valence electrons. The van der Waals surface area contributed by atoms with Gasteiger partial charge in [0.2, 0.25) is 5.60 Å². The minimum atomic E-state index is -4.83. The van der Waals surface area contributed by atoms with Crippen LogP contribution in [0.2, 0.25) is 0 Å². The molecule has 0 spiro atoms. The van der Waals surface area contributed by atoms with Crippen LogP contribution in [0.5, 0.6) is 11.5 Å². The van der Waals surface area contributed by atoms with Crippen molar-refractivity contribution >= 4 is 27.6 Å². The van der Waals surface area contributed by atoms with Crippen LogP contribution in [0.25, 0.3) is 0 Å². The van der Waals surface area contributed by atoms with Crippen LogP contribution in [0.3, 0.4) is 0 Å². The minimum Gasteiger partial charge on any atom is -0.494 e. The average Bonchev–Trinajstić information content (AvgIpc) is 2.82. The summed E-state index contributed by atoms with van der Waals surface area (Å²) in [7, 11) is -3.38. The van der Waals surface area contributed by atoms with Gasteiger partial charge in [-0.2, -0.15) is 13.2 Å². The Hall–Kier alpha value is -3.59. The van der Waals surface area contributed by atoms with Crippen LogP contribution in [0.4, 0.5) is 23.2 Å². The van der Waals surface area contributed by atoms with Gasteiger partial charge >= 0.3 is 18.1 Å². The minimum absolute atomic E-state index is 0.0807. The highest BCUT2D eigenvalue weighted by molar-refractivity contribution is 7.92. The molecule has 40 heavy (non-hydrogen) atoms. The van der Waals surface area contributed by atoms with Crippen molar-refractivity contribution in [3.8, 4) is 11.5 Å². The maximum Gasteiger partial charge on any atom is 0.427 e. The fraction of sp³-hybridized carbons (Fsp3) is 0.440. The molecule has 0 fully saturated rings. The fourth-order valence-corrected chi connectivity index (χ4v) is 5.32. The van der Waals surface area contributed by atoms with Crippen molar-refractivity contribution in [2.24, 2.45) is 0 Å². The normalized spacial score (nSPS) is 17.3. The van der Waals surface area contributed by atoms with Gasteiger partial charge < -0.3 is 24.4 Å². The lowest BCUT2D eigenvalue weighted by Crippen LogP contribution is -2.48. The van der Waals surface area contributed by atoms with E-state index in [1.165, 1.54) is 18.2 Å². The highest BCUT2D eigenvalue weighted by Crippen LogP contribution is 2.40. The van der Waals surface area contributed by atoms with E-state index in [1.54, 1.807) is 0 Å². The lowest BCUT2D eigenvalue weighted by atomic mass is 9.97. The third kappa shape index (κ3) is 6.41. The molecule has 2 aromatic rings. The molecule has 1 heterocycles. The molecule has 2 N–H and O–H groups in total. The predicted octanol–water partition coefficient (Wildman–Crippen LogP) is 3.44. The molecule has 0 unspecified atom stereocenters. The number of sulfonamides is 1. The van der Waals surface area contributed by atoms with E-state index in [9.17, 15) is 45.8 Å². The highest BCUT2D eigenvalue weighted by atomic mass is 32.2. The summed E-state index contributed by atoms with van der Waals surface area (Å²) in [6, 6.07) is 6.52. The fourth-order valence-electron chi connectivity index (χ4n) is 3.81. The number of halogens is 4. The van der Waals surface area contributed by atoms with Gasteiger partial charge in [0.25, 0.3) is 10.0 Å². The number of rotatable bonds is 9. The van der Waals surface area contributed by atoms with Gasteiger partial charge in [0.1, 0.15) is 11.9 Å². The van der Waals surface area contributed by atoms with E-state index in [0.717, 1.165) is 36.5 Å². The van der Waals surface area contributed by atoms with Crippen molar-refractivity contribution in [3.63, 3.8) is 0 Å². The number of hydrogen-bond donors (Lipinski definition) is 2. The van der Waals surface area contributed by atoms with Crippen LogP contribution in [0, 0.1) is 5.82 Å². The number of carbonyl (C=O) groups excluding carboxylic acids is 1. The molecule has 0 bridgehead atoms. The number of anilines is 1. The van der Waals surface area contributed by atoms with Crippen molar-refractivity contribution in [1.29, 1.82) is 0 Å². The van der Waals surface area contributed by atoms with E-state index in [0.29, 0.717) is 13.8 Å². The molecule has 0 saturated heterocycles. The number of fused-ring (bicyclic) bond motifs is 1. The van der Waals surface area contributed by atoms with E-state index in [-0.39, 0.29) is 22.7 Å². The Morgan fingerprint density at radius 1 is 1.12 bits per heavy atom. The van der Waals surface area contributed by atoms with Gasteiger partial charge in [0.05, 0.1) is 30.7 Å². The summed E-state index contributed by atoms with van der Waals surface area (Å²) >= 11 is 0. The molecule has 2 atom stereocenters. The molecule has 0 saturated carbocycles. The first-order chi connectivity index (χ1) is 18.3. The standard InChI is InChI=1S/C25H27F4NO9S/c1-23(2,25(27,28)29)39-21(31)10-14-5-8-19-18(9-14)30(13-15(38-19)12-24(3,34)22(32)33)40(35,36)16-6-7-17(26)20(11-16)37-4/h5-9,11,15,34H,10,12-13H2,1-4H3,(H,32,33)/t15-,24-/m0/s1. The Kier molecular flexibility index (Phi) is 8.33. The zero-order valence-corrected chi connectivity index (χ0v) is 22.6. The Balaban J connectivity index is 2.03. The number of nitrogens with zero attached hydrogens (tertiary/aromatic N) is 1. The predicted molar refractivity (Wildman–Crippen MR) is 131 cm³/mol. The summed E-state index contributed by atoms with van der Waals surface area (Å²) in [6.45, 7) is 1.87. The monoisotopic (exact) mass is 593 g/mol. The van der Waals surface area contributed by atoms with Crippen LogP contribution < -0.4 is 13.8 Å². The van der Waals surface area contributed by atoms with Crippen molar-refractivity contribution < 1.29 is 60.0 Å². The van der Waals surface area contributed by atoms with Gasteiger partial charge in [-0.15, -0.1) is 0 Å². The second-order valence-corrected chi connectivity index (χ2v) is 11.7. The highest BCUT2D eigenvalue weighted by Gasteiger charge is 2.50. The summed E-state index contributed by atoms with van der Waals surface area (Å²) in [5.74, 6) is -4.09. The molecule has 10 nitrogen and oxygen atoms in total. The average molecular weight is 594 g/mol. The van der Waals surface area contributed by atoms with Gasteiger partial charge in [0.15, 0.2) is 17.2 Å². The van der Waals surface area contributed by atoms with E-state index >= 15 is 0 Å². The summed E-state index contributed by atoms with van der Waals surface area (Å²) in [6.07, 6.45) is -7.18. The van der Waals surface area contributed by atoms with E-state index in [2.05, 4.69) is 4.74 Å². The number of ether oxygens (including phenoxy) is 3. The molecular weight excluding hydrogens is 566 g/mol. The number of benzene rings is 2. The second kappa shape index (κ2) is 10.8. The number of carboxylic acids is 1. The number of alkyl halides is 3. The quantitative estimate of drug-likeness (QED) is 0.331. The summed E-state index contributed by atoms with van der Waals surface area (Å²) in [5.41, 5.74) is -5.11. The number of methoxy groups -OCH3 is 1. The van der Waals surface area contributed by atoms with Gasteiger partial charge in [0, 0.05) is 12.5 Å². The number of aliphatic hydroxyl groups is 1. The van der Waals surface area contributed by atoms with E-state index in [4.69, 9.17) is 9.47 Å². The molecule has 0 amide bonds. The third-order valence-electron chi connectivity index (χ3n) is 6.15. The SMILES string of the molecule is COc1cc(S(=O)(=O)N2C[C@H](C[C@](C)(O)C(=O)O)Oc3ccc(CC(=O)OC(C)(C)C(F)(F)F)cc32)ccc1F. The Labute approximate surface area is 227 Å². The third-order valence-corrected chi connectivity index (χ3v) is 7.93. The molecule has 3 rings (SSSR count). The molecule has 15 heteroatoms. The van der Waals surface area contributed by atoms with Crippen LogP contribution in [-0.2, 0) is 30.8 Å². The first-order valence-corrected chi connectivity index (χ1v) is 13.1. The van der Waals surface area contributed by atoms with Crippen molar-refractivity contribution in [1.82, 2.24) is 0 Å². The maximum absolute atomic E-state index is 14.0. The van der Waals surface area contributed by atoms with Gasteiger partial charge in [-0.05, 0) is 50.6 Å². The maximum atomic E-state index is 14.0. The molecule has 2 aromatic carbocycles. The molecular formula is C25H27F4NO9S. The molecule has 1 aliphatic rings. The number of esters is 1. The van der Waals surface area contributed by atoms with Crippen molar-refractivity contribution in [3.05, 3.63) is 47.8 Å².